The quantitative estimate of drug-likeness (QED) is 0.851. The Balaban J connectivity index is 1.83. The van der Waals surface area contributed by atoms with Crippen molar-refractivity contribution >= 4 is 33.1 Å². The molecular weight excluding hydrogens is 264 g/mol. The van der Waals surface area contributed by atoms with Crippen molar-refractivity contribution in [3.63, 3.8) is 0 Å². The van der Waals surface area contributed by atoms with E-state index in [4.69, 9.17) is 10.5 Å². The van der Waals surface area contributed by atoms with Crippen LogP contribution >= 0.6 is 11.3 Å². The van der Waals surface area contributed by atoms with Crippen LogP contribution in [0.5, 0.6) is 0 Å². The summed E-state index contributed by atoms with van der Waals surface area (Å²) in [4.78, 5) is 16.9. The van der Waals surface area contributed by atoms with Gasteiger partial charge >= 0.3 is 0 Å². The third-order valence-electron chi connectivity index (χ3n) is 2.96. The fraction of sp³-hybridized carbons (Fsp3) is 0.333. The molecule has 1 saturated heterocycles. The Morgan fingerprint density at radius 2 is 2.26 bits per heavy atom. The number of nitrogen functional groups attached to an aromatic ring is 1. The minimum absolute atomic E-state index is 0.178. The summed E-state index contributed by atoms with van der Waals surface area (Å²) in [7, 11) is 0. The van der Waals surface area contributed by atoms with Gasteiger partial charge in [0.25, 0.3) is 5.91 Å². The van der Waals surface area contributed by atoms with Gasteiger partial charge in [0.1, 0.15) is 10.4 Å². The molecule has 7 heteroatoms. The summed E-state index contributed by atoms with van der Waals surface area (Å²) in [6.07, 6.45) is 1.68. The highest BCUT2D eigenvalue weighted by molar-refractivity contribution is 7.21. The molecule has 0 atom stereocenters. The molecule has 0 unspecified atom stereocenters. The molecule has 0 spiro atoms. The van der Waals surface area contributed by atoms with Crippen molar-refractivity contribution in [2.45, 2.75) is 0 Å². The highest BCUT2D eigenvalue weighted by Crippen LogP contribution is 2.31. The molecule has 100 valence electrons. The van der Waals surface area contributed by atoms with Crippen LogP contribution < -0.4 is 11.2 Å². The predicted molar refractivity (Wildman–Crippen MR) is 73.9 cm³/mol. The predicted octanol–water partition coefficient (Wildman–Crippen LogP) is 0.855. The number of pyridine rings is 1. The lowest BCUT2D eigenvalue weighted by Gasteiger charge is -2.26. The Morgan fingerprint density at radius 3 is 3.00 bits per heavy atom. The second-order valence-electron chi connectivity index (χ2n) is 4.24. The number of nitrogens with zero attached hydrogens (tertiary/aromatic N) is 2. The van der Waals surface area contributed by atoms with Crippen molar-refractivity contribution in [2.24, 2.45) is 0 Å². The van der Waals surface area contributed by atoms with Crippen molar-refractivity contribution in [3.05, 3.63) is 23.2 Å². The van der Waals surface area contributed by atoms with Gasteiger partial charge in [0.05, 0.1) is 23.6 Å². The largest absolute Gasteiger partial charge is 0.396 e. The summed E-state index contributed by atoms with van der Waals surface area (Å²) in [5.74, 6) is -0.178. The van der Waals surface area contributed by atoms with Crippen molar-refractivity contribution in [2.75, 3.05) is 32.0 Å². The monoisotopic (exact) mass is 278 g/mol. The summed E-state index contributed by atoms with van der Waals surface area (Å²) in [5.41, 5.74) is 9.99. The SMILES string of the molecule is Nc1c(C(=O)NN2CCOCC2)sc2cccnc12. The molecule has 0 saturated carbocycles. The first kappa shape index (κ1) is 12.3. The zero-order chi connectivity index (χ0) is 13.2. The average Bonchev–Trinajstić information content (AvgIpc) is 2.78. The van der Waals surface area contributed by atoms with Gasteiger partial charge in [0.15, 0.2) is 0 Å². The van der Waals surface area contributed by atoms with Crippen LogP contribution in [0.4, 0.5) is 5.69 Å². The molecule has 0 aliphatic carbocycles. The second kappa shape index (κ2) is 5.12. The van der Waals surface area contributed by atoms with E-state index in [1.807, 2.05) is 17.1 Å². The van der Waals surface area contributed by atoms with Gasteiger partial charge in [-0.15, -0.1) is 11.3 Å². The van der Waals surface area contributed by atoms with Gasteiger partial charge < -0.3 is 10.5 Å². The van der Waals surface area contributed by atoms with Gasteiger partial charge in [0.2, 0.25) is 0 Å². The zero-order valence-electron chi connectivity index (χ0n) is 10.3. The Morgan fingerprint density at radius 1 is 1.47 bits per heavy atom. The van der Waals surface area contributed by atoms with Crippen molar-refractivity contribution < 1.29 is 9.53 Å². The molecule has 1 aliphatic rings. The van der Waals surface area contributed by atoms with Crippen LogP contribution in [-0.4, -0.2) is 42.2 Å². The van der Waals surface area contributed by atoms with E-state index in [0.29, 0.717) is 42.4 Å². The maximum atomic E-state index is 12.2. The topological polar surface area (TPSA) is 80.5 Å². The van der Waals surface area contributed by atoms with Crippen LogP contribution in [-0.2, 0) is 4.74 Å². The summed E-state index contributed by atoms with van der Waals surface area (Å²) < 4.78 is 6.16. The third kappa shape index (κ3) is 2.40. The van der Waals surface area contributed by atoms with Gasteiger partial charge in [-0.3, -0.25) is 15.2 Å². The van der Waals surface area contributed by atoms with Crippen LogP contribution in [0.2, 0.25) is 0 Å². The zero-order valence-corrected chi connectivity index (χ0v) is 11.1. The van der Waals surface area contributed by atoms with Crippen LogP contribution in [0.25, 0.3) is 10.2 Å². The number of ether oxygens (including phenoxy) is 1. The Labute approximate surface area is 114 Å². The Bertz CT molecular complexity index is 607. The molecule has 6 nitrogen and oxygen atoms in total. The normalized spacial score (nSPS) is 16.6. The molecule has 19 heavy (non-hydrogen) atoms. The lowest BCUT2D eigenvalue weighted by atomic mass is 10.3. The number of aromatic nitrogens is 1. The molecule has 0 bridgehead atoms. The van der Waals surface area contributed by atoms with E-state index in [0.717, 1.165) is 4.70 Å². The maximum absolute atomic E-state index is 12.2. The molecular formula is C12H14N4O2S. The number of morpholine rings is 1. The van der Waals surface area contributed by atoms with Gasteiger partial charge in [-0.1, -0.05) is 0 Å². The number of fused-ring (bicyclic) bond motifs is 1. The van der Waals surface area contributed by atoms with Crippen LogP contribution in [0.1, 0.15) is 9.67 Å². The van der Waals surface area contributed by atoms with Crippen LogP contribution in [0.15, 0.2) is 18.3 Å². The standard InChI is InChI=1S/C12H14N4O2S/c13-9-10-8(2-1-3-14-10)19-11(9)12(17)15-16-4-6-18-7-5-16/h1-3H,4-7,13H2,(H,15,17). The smallest absolute Gasteiger partial charge is 0.277 e. The van der Waals surface area contributed by atoms with Gasteiger partial charge in [0, 0.05) is 19.3 Å². The molecule has 3 N–H and O–H groups in total. The first-order valence-corrected chi connectivity index (χ1v) is 6.84. The van der Waals surface area contributed by atoms with E-state index in [1.54, 1.807) is 6.20 Å². The highest BCUT2D eigenvalue weighted by atomic mass is 32.1. The van der Waals surface area contributed by atoms with E-state index in [2.05, 4.69) is 10.4 Å². The lowest BCUT2D eigenvalue weighted by molar-refractivity contribution is 0.0128. The number of nitrogens with one attached hydrogen (secondary N) is 1. The minimum Gasteiger partial charge on any atom is -0.396 e. The molecule has 0 radical (unpaired) electrons. The molecule has 2 aromatic rings. The van der Waals surface area contributed by atoms with Crippen molar-refractivity contribution in [1.29, 1.82) is 0 Å². The van der Waals surface area contributed by atoms with E-state index in [-0.39, 0.29) is 5.91 Å². The number of hydrogen-bond donors (Lipinski definition) is 2. The van der Waals surface area contributed by atoms with E-state index in [9.17, 15) is 4.79 Å². The van der Waals surface area contributed by atoms with Gasteiger partial charge in [-0.25, -0.2) is 5.01 Å². The number of carbonyl (C=O) groups is 1. The van der Waals surface area contributed by atoms with Crippen LogP contribution in [0, 0.1) is 0 Å². The third-order valence-corrected chi connectivity index (χ3v) is 4.12. The summed E-state index contributed by atoms with van der Waals surface area (Å²) in [5, 5.41) is 1.85. The van der Waals surface area contributed by atoms with Gasteiger partial charge in [-0.05, 0) is 12.1 Å². The van der Waals surface area contributed by atoms with E-state index < -0.39 is 0 Å². The molecule has 1 fully saturated rings. The number of nitrogens with two attached hydrogens (primary N) is 1. The fourth-order valence-electron chi connectivity index (χ4n) is 1.99. The number of anilines is 1. The number of hydrazine groups is 1. The van der Waals surface area contributed by atoms with Crippen molar-refractivity contribution in [3.8, 4) is 0 Å². The fourth-order valence-corrected chi connectivity index (χ4v) is 2.96. The molecule has 2 aromatic heterocycles. The first-order chi connectivity index (χ1) is 9.25. The number of carbonyl (C=O) groups excluding carboxylic acids is 1. The summed E-state index contributed by atoms with van der Waals surface area (Å²) in [6.45, 7) is 2.64. The molecule has 1 amide bonds. The number of amides is 1. The molecule has 3 heterocycles. The van der Waals surface area contributed by atoms with Crippen LogP contribution in [0.3, 0.4) is 0 Å². The first-order valence-electron chi connectivity index (χ1n) is 6.02. The van der Waals surface area contributed by atoms with E-state index in [1.165, 1.54) is 11.3 Å². The number of thiophene rings is 1. The number of rotatable bonds is 2. The molecule has 0 aromatic carbocycles. The molecule has 1 aliphatic heterocycles. The molecule has 3 rings (SSSR count). The maximum Gasteiger partial charge on any atom is 0.277 e. The number of hydrogen-bond acceptors (Lipinski definition) is 6. The van der Waals surface area contributed by atoms with E-state index >= 15 is 0 Å². The second-order valence-corrected chi connectivity index (χ2v) is 5.29. The average molecular weight is 278 g/mol. The Hall–Kier alpha value is -1.70. The summed E-state index contributed by atoms with van der Waals surface area (Å²) >= 11 is 1.36. The summed E-state index contributed by atoms with van der Waals surface area (Å²) in [6, 6.07) is 3.75. The van der Waals surface area contributed by atoms with Crippen molar-refractivity contribution in [1.82, 2.24) is 15.4 Å². The van der Waals surface area contributed by atoms with Gasteiger partial charge in [-0.2, -0.15) is 0 Å². The lowest BCUT2D eigenvalue weighted by Crippen LogP contribution is -2.48. The highest BCUT2D eigenvalue weighted by Gasteiger charge is 2.20. The minimum atomic E-state index is -0.178. The Kier molecular flexibility index (Phi) is 3.33.